The summed E-state index contributed by atoms with van der Waals surface area (Å²) in [6.45, 7) is 2.29. The molecule has 1 aliphatic carbocycles. The topological polar surface area (TPSA) is 55.3 Å². The molecule has 0 aromatic carbocycles. The number of aromatic nitrogens is 2. The summed E-state index contributed by atoms with van der Waals surface area (Å²) in [6.07, 6.45) is 2.14. The van der Waals surface area contributed by atoms with Gasteiger partial charge in [-0.25, -0.2) is 9.78 Å². The number of anilines is 1. The minimum absolute atomic E-state index is 0.273. The number of ether oxygens (including phenoxy) is 1. The summed E-state index contributed by atoms with van der Waals surface area (Å²) in [4.78, 5) is 20.3. The van der Waals surface area contributed by atoms with E-state index in [1.807, 2.05) is 6.92 Å². The molecule has 5 nitrogen and oxygen atoms in total. The van der Waals surface area contributed by atoms with Crippen molar-refractivity contribution >= 4 is 11.9 Å². The Morgan fingerprint density at radius 2 is 2.35 bits per heavy atom. The lowest BCUT2D eigenvalue weighted by molar-refractivity contribution is 0.172. The highest BCUT2D eigenvalue weighted by Gasteiger charge is 2.54. The maximum Gasteiger partial charge on any atom is 0.416 e. The fourth-order valence-electron chi connectivity index (χ4n) is 2.36. The third-order valence-electron chi connectivity index (χ3n) is 3.48. The van der Waals surface area contributed by atoms with Crippen molar-refractivity contribution in [3.8, 4) is 0 Å². The molecule has 6 heteroatoms. The van der Waals surface area contributed by atoms with Crippen LogP contribution in [0, 0.1) is 12.0 Å². The van der Waals surface area contributed by atoms with Gasteiger partial charge < -0.3 is 4.74 Å². The van der Waals surface area contributed by atoms with Gasteiger partial charge in [0.05, 0.1) is 5.54 Å². The Hall–Kier alpha value is -1.72. The largest absolute Gasteiger partial charge is 0.447 e. The highest BCUT2D eigenvalue weighted by Crippen LogP contribution is 2.47. The van der Waals surface area contributed by atoms with Crippen molar-refractivity contribution in [3.05, 3.63) is 18.3 Å². The number of carbonyl (C=O) groups excluding carboxylic acids is 1. The van der Waals surface area contributed by atoms with Gasteiger partial charge in [0.25, 0.3) is 0 Å². The molecule has 1 aromatic rings. The molecule has 0 bridgehead atoms. The van der Waals surface area contributed by atoms with Crippen molar-refractivity contribution in [1.82, 2.24) is 9.97 Å². The average molecular weight is 237 g/mol. The second kappa shape index (κ2) is 3.38. The summed E-state index contributed by atoms with van der Waals surface area (Å²) in [6, 6.07) is 1.52. The predicted octanol–water partition coefficient (Wildman–Crippen LogP) is 1.74. The van der Waals surface area contributed by atoms with Gasteiger partial charge >= 0.3 is 12.2 Å². The molecule has 1 saturated carbocycles. The van der Waals surface area contributed by atoms with E-state index >= 15 is 0 Å². The summed E-state index contributed by atoms with van der Waals surface area (Å²) in [7, 11) is 0. The minimum Gasteiger partial charge on any atom is -0.447 e. The van der Waals surface area contributed by atoms with Crippen LogP contribution in [0.2, 0.25) is 0 Å². The highest BCUT2D eigenvalue weighted by atomic mass is 19.1. The molecule has 90 valence electrons. The lowest BCUT2D eigenvalue weighted by Crippen LogP contribution is -2.47. The molecule has 3 rings (SSSR count). The Balaban J connectivity index is 2.01. The normalized spacial score (nSPS) is 28.4. The molecule has 1 amide bonds. The summed E-state index contributed by atoms with van der Waals surface area (Å²) in [5.74, 6) is 0.682. The van der Waals surface area contributed by atoms with Gasteiger partial charge in [-0.05, 0) is 31.7 Å². The third-order valence-corrected chi connectivity index (χ3v) is 3.48. The molecule has 0 N–H and O–H groups in total. The van der Waals surface area contributed by atoms with Gasteiger partial charge in [0, 0.05) is 6.20 Å². The molecule has 2 heterocycles. The van der Waals surface area contributed by atoms with Crippen molar-refractivity contribution in [2.75, 3.05) is 11.5 Å². The number of carbonyl (C=O) groups is 1. The first-order chi connectivity index (χ1) is 8.11. The quantitative estimate of drug-likeness (QED) is 0.735. The van der Waals surface area contributed by atoms with Crippen LogP contribution < -0.4 is 4.90 Å². The minimum atomic E-state index is -0.833. The first-order valence-electron chi connectivity index (χ1n) is 5.57. The molecule has 1 atom stereocenters. The van der Waals surface area contributed by atoms with Crippen LogP contribution in [0.5, 0.6) is 0 Å². The van der Waals surface area contributed by atoms with Crippen molar-refractivity contribution in [3.63, 3.8) is 0 Å². The molecule has 2 fully saturated rings. The predicted molar refractivity (Wildman–Crippen MR) is 56.9 cm³/mol. The van der Waals surface area contributed by atoms with E-state index in [2.05, 4.69) is 9.97 Å². The van der Waals surface area contributed by atoms with Crippen molar-refractivity contribution in [2.24, 2.45) is 5.92 Å². The van der Waals surface area contributed by atoms with Crippen molar-refractivity contribution < 1.29 is 13.9 Å². The molecular weight excluding hydrogens is 225 g/mol. The average Bonchev–Trinajstić information content (AvgIpc) is 3.07. The lowest BCUT2D eigenvalue weighted by atomic mass is 9.96. The Kier molecular flexibility index (Phi) is 2.08. The van der Waals surface area contributed by atoms with Gasteiger partial charge in [0.2, 0.25) is 0 Å². The maximum atomic E-state index is 13.0. The monoisotopic (exact) mass is 237 g/mol. The fourth-order valence-corrected chi connectivity index (χ4v) is 2.36. The first kappa shape index (κ1) is 10.4. The summed E-state index contributed by atoms with van der Waals surface area (Å²) >= 11 is 0. The fraction of sp³-hybridized carbons (Fsp3) is 0.545. The molecule has 0 radical (unpaired) electrons. The number of amides is 1. The van der Waals surface area contributed by atoms with Crippen LogP contribution in [0.3, 0.4) is 0 Å². The van der Waals surface area contributed by atoms with E-state index in [1.54, 1.807) is 0 Å². The second-order valence-electron chi connectivity index (χ2n) is 4.71. The second-order valence-corrected chi connectivity index (χ2v) is 4.71. The molecule has 1 unspecified atom stereocenters. The van der Waals surface area contributed by atoms with Gasteiger partial charge in [0.15, 0.2) is 0 Å². The smallest absolute Gasteiger partial charge is 0.416 e. The molecular formula is C11H12FN3O2. The third kappa shape index (κ3) is 1.55. The van der Waals surface area contributed by atoms with Gasteiger partial charge in [-0.2, -0.15) is 9.37 Å². The van der Waals surface area contributed by atoms with Gasteiger partial charge in [-0.15, -0.1) is 0 Å². The van der Waals surface area contributed by atoms with Crippen LogP contribution in [0.1, 0.15) is 19.8 Å². The highest BCUT2D eigenvalue weighted by molar-refractivity contribution is 5.90. The van der Waals surface area contributed by atoms with E-state index < -0.39 is 17.7 Å². The Bertz CT molecular complexity index is 478. The zero-order valence-corrected chi connectivity index (χ0v) is 9.39. The van der Waals surface area contributed by atoms with Crippen LogP contribution >= 0.6 is 0 Å². The van der Waals surface area contributed by atoms with Crippen molar-refractivity contribution in [1.29, 1.82) is 0 Å². The molecule has 1 saturated heterocycles. The zero-order valence-electron chi connectivity index (χ0n) is 9.39. The van der Waals surface area contributed by atoms with Crippen LogP contribution in [0.15, 0.2) is 12.3 Å². The number of hydrogen-bond donors (Lipinski definition) is 0. The van der Waals surface area contributed by atoms with Crippen LogP contribution in [-0.2, 0) is 4.74 Å². The van der Waals surface area contributed by atoms with E-state index in [0.29, 0.717) is 12.5 Å². The van der Waals surface area contributed by atoms with Crippen molar-refractivity contribution in [2.45, 2.75) is 25.3 Å². The molecule has 17 heavy (non-hydrogen) atoms. The maximum absolute atomic E-state index is 13.0. The van der Waals surface area contributed by atoms with E-state index in [1.165, 1.54) is 17.2 Å². The standard InChI is InChI=1S/C11H12FN3O2/c1-11(7-2-3-7)6-17-10(16)15(11)8-4-5-13-9(12)14-8/h4-5,7H,2-3,6H2,1H3. The summed E-state index contributed by atoms with van der Waals surface area (Å²) < 4.78 is 18.1. The lowest BCUT2D eigenvalue weighted by Gasteiger charge is -2.30. The zero-order chi connectivity index (χ0) is 12.0. The number of nitrogens with zero attached hydrogens (tertiary/aromatic N) is 3. The van der Waals surface area contributed by atoms with E-state index in [9.17, 15) is 9.18 Å². The first-order valence-corrected chi connectivity index (χ1v) is 5.57. The number of halogens is 1. The number of hydrogen-bond acceptors (Lipinski definition) is 4. The molecule has 1 aliphatic heterocycles. The Morgan fingerprint density at radius 3 is 3.00 bits per heavy atom. The van der Waals surface area contributed by atoms with E-state index in [4.69, 9.17) is 4.74 Å². The van der Waals surface area contributed by atoms with Crippen LogP contribution in [0.4, 0.5) is 15.0 Å². The molecule has 1 aromatic heterocycles. The Morgan fingerprint density at radius 1 is 1.59 bits per heavy atom. The molecule has 0 spiro atoms. The van der Waals surface area contributed by atoms with Crippen LogP contribution in [0.25, 0.3) is 0 Å². The SMILES string of the molecule is CC1(C2CC2)COC(=O)N1c1ccnc(F)n1. The summed E-state index contributed by atoms with van der Waals surface area (Å²) in [5, 5.41) is 0. The number of cyclic esters (lactones) is 1. The van der Waals surface area contributed by atoms with Gasteiger partial charge in [-0.3, -0.25) is 4.90 Å². The Labute approximate surface area is 97.6 Å². The van der Waals surface area contributed by atoms with Crippen LogP contribution in [-0.4, -0.2) is 28.2 Å². The van der Waals surface area contributed by atoms with E-state index in [-0.39, 0.29) is 5.82 Å². The molecule has 2 aliphatic rings. The summed E-state index contributed by atoms with van der Waals surface area (Å²) in [5.41, 5.74) is -0.405. The van der Waals surface area contributed by atoms with E-state index in [0.717, 1.165) is 12.8 Å². The number of rotatable bonds is 2. The van der Waals surface area contributed by atoms with Gasteiger partial charge in [0.1, 0.15) is 12.4 Å². The van der Waals surface area contributed by atoms with Gasteiger partial charge in [-0.1, -0.05) is 0 Å².